The Labute approximate surface area is 131 Å². The molecular formula is C17H22N4O. The predicted molar refractivity (Wildman–Crippen MR) is 87.9 cm³/mol. The van der Waals surface area contributed by atoms with Crippen LogP contribution in [0.4, 0.5) is 5.69 Å². The first kappa shape index (κ1) is 15.9. The molecule has 0 aromatic carbocycles. The zero-order valence-electron chi connectivity index (χ0n) is 13.3. The van der Waals surface area contributed by atoms with E-state index in [-0.39, 0.29) is 5.91 Å². The van der Waals surface area contributed by atoms with Gasteiger partial charge in [-0.25, -0.2) is 0 Å². The summed E-state index contributed by atoms with van der Waals surface area (Å²) in [6, 6.07) is 6.08. The maximum absolute atomic E-state index is 12.4. The number of carbonyl (C=O) groups excluding carboxylic acids is 1. The molecule has 0 aliphatic rings. The van der Waals surface area contributed by atoms with Crippen molar-refractivity contribution in [2.45, 2.75) is 26.3 Å². The van der Waals surface area contributed by atoms with E-state index in [0.29, 0.717) is 18.2 Å². The maximum Gasteiger partial charge on any atom is 0.255 e. The van der Waals surface area contributed by atoms with Crippen molar-refractivity contribution in [3.63, 3.8) is 0 Å². The van der Waals surface area contributed by atoms with Crippen molar-refractivity contribution >= 4 is 11.6 Å². The van der Waals surface area contributed by atoms with Crippen LogP contribution in [0.3, 0.4) is 0 Å². The number of hydrogen-bond donors (Lipinski definition) is 1. The summed E-state index contributed by atoms with van der Waals surface area (Å²) in [5.74, 6) is -0.0195. The lowest BCUT2D eigenvalue weighted by Gasteiger charge is -2.18. The van der Waals surface area contributed by atoms with Gasteiger partial charge in [0.1, 0.15) is 0 Å². The molecule has 0 aliphatic carbocycles. The highest BCUT2D eigenvalue weighted by Gasteiger charge is 2.12. The van der Waals surface area contributed by atoms with E-state index in [0.717, 1.165) is 12.1 Å². The molecule has 0 saturated heterocycles. The summed E-state index contributed by atoms with van der Waals surface area (Å²) in [5, 5.41) is 3.26. The molecule has 2 aromatic rings. The van der Waals surface area contributed by atoms with Gasteiger partial charge in [0.15, 0.2) is 0 Å². The summed E-state index contributed by atoms with van der Waals surface area (Å²) in [5.41, 5.74) is 2.63. The first-order chi connectivity index (χ1) is 10.6. The standard InChI is InChI=1S/C17H22N4O/c1-13(2)20-16-10-15(11-19-12-16)17(22)21(3)9-6-14-4-7-18-8-5-14/h4-5,7-8,10-13,20H,6,9H2,1-3H3. The van der Waals surface area contributed by atoms with E-state index in [1.165, 1.54) is 5.56 Å². The normalized spacial score (nSPS) is 10.5. The topological polar surface area (TPSA) is 58.1 Å². The van der Waals surface area contributed by atoms with E-state index >= 15 is 0 Å². The summed E-state index contributed by atoms with van der Waals surface area (Å²) in [7, 11) is 1.81. The summed E-state index contributed by atoms with van der Waals surface area (Å²) >= 11 is 0. The second-order valence-electron chi connectivity index (χ2n) is 5.59. The van der Waals surface area contributed by atoms with Gasteiger partial charge in [0.2, 0.25) is 0 Å². The van der Waals surface area contributed by atoms with Gasteiger partial charge in [0.25, 0.3) is 5.91 Å². The van der Waals surface area contributed by atoms with Gasteiger partial charge in [-0.1, -0.05) is 0 Å². The zero-order valence-corrected chi connectivity index (χ0v) is 13.3. The number of hydrogen-bond acceptors (Lipinski definition) is 4. The van der Waals surface area contributed by atoms with E-state index in [9.17, 15) is 4.79 Å². The quantitative estimate of drug-likeness (QED) is 0.890. The average molecular weight is 298 g/mol. The van der Waals surface area contributed by atoms with Crippen molar-refractivity contribution in [3.8, 4) is 0 Å². The Balaban J connectivity index is 1.98. The number of nitrogens with zero attached hydrogens (tertiary/aromatic N) is 3. The number of likely N-dealkylation sites (N-methyl/N-ethyl adjacent to an activating group) is 1. The van der Waals surface area contributed by atoms with E-state index < -0.39 is 0 Å². The second kappa shape index (κ2) is 7.54. The molecule has 0 unspecified atom stereocenters. The van der Waals surface area contributed by atoms with Crippen molar-refractivity contribution in [3.05, 3.63) is 54.1 Å². The third kappa shape index (κ3) is 4.55. The van der Waals surface area contributed by atoms with Crippen LogP contribution in [-0.4, -0.2) is 40.4 Å². The minimum Gasteiger partial charge on any atom is -0.382 e. The molecule has 0 radical (unpaired) electrons. The van der Waals surface area contributed by atoms with Crippen molar-refractivity contribution in [1.29, 1.82) is 0 Å². The largest absolute Gasteiger partial charge is 0.382 e. The fourth-order valence-corrected chi connectivity index (χ4v) is 2.14. The molecule has 1 N–H and O–H groups in total. The lowest BCUT2D eigenvalue weighted by molar-refractivity contribution is 0.0796. The van der Waals surface area contributed by atoms with Gasteiger partial charge in [-0.05, 0) is 44.0 Å². The van der Waals surface area contributed by atoms with Gasteiger partial charge in [-0.15, -0.1) is 0 Å². The van der Waals surface area contributed by atoms with Gasteiger partial charge in [-0.2, -0.15) is 0 Å². The highest BCUT2D eigenvalue weighted by atomic mass is 16.2. The van der Waals surface area contributed by atoms with Gasteiger partial charge in [0.05, 0.1) is 11.3 Å². The van der Waals surface area contributed by atoms with Crippen molar-refractivity contribution in [2.24, 2.45) is 0 Å². The van der Waals surface area contributed by atoms with Crippen LogP contribution in [0.2, 0.25) is 0 Å². The molecule has 0 saturated carbocycles. The van der Waals surface area contributed by atoms with Gasteiger partial charge in [-0.3, -0.25) is 14.8 Å². The summed E-state index contributed by atoms with van der Waals surface area (Å²) in [4.78, 5) is 22.3. The molecule has 5 nitrogen and oxygen atoms in total. The minimum atomic E-state index is -0.0195. The Bertz CT molecular complexity index is 613. The fourth-order valence-electron chi connectivity index (χ4n) is 2.14. The second-order valence-corrected chi connectivity index (χ2v) is 5.59. The Morgan fingerprint density at radius 1 is 1.23 bits per heavy atom. The van der Waals surface area contributed by atoms with Crippen LogP contribution in [0.15, 0.2) is 43.0 Å². The first-order valence-electron chi connectivity index (χ1n) is 7.42. The average Bonchev–Trinajstić information content (AvgIpc) is 2.52. The third-order valence-electron chi connectivity index (χ3n) is 3.27. The van der Waals surface area contributed by atoms with Crippen molar-refractivity contribution in [2.75, 3.05) is 18.9 Å². The van der Waals surface area contributed by atoms with Crippen LogP contribution in [-0.2, 0) is 6.42 Å². The SMILES string of the molecule is CC(C)Nc1cncc(C(=O)N(C)CCc2ccncc2)c1. The molecule has 0 aliphatic heterocycles. The molecule has 2 heterocycles. The van der Waals surface area contributed by atoms with Gasteiger partial charge >= 0.3 is 0 Å². The summed E-state index contributed by atoms with van der Waals surface area (Å²) < 4.78 is 0. The zero-order chi connectivity index (χ0) is 15.9. The number of pyridine rings is 2. The van der Waals surface area contributed by atoms with E-state index in [1.54, 1.807) is 29.7 Å². The first-order valence-corrected chi connectivity index (χ1v) is 7.42. The Morgan fingerprint density at radius 2 is 1.95 bits per heavy atom. The number of rotatable bonds is 6. The highest BCUT2D eigenvalue weighted by Crippen LogP contribution is 2.12. The fraction of sp³-hybridized carbons (Fsp3) is 0.353. The Hall–Kier alpha value is -2.43. The smallest absolute Gasteiger partial charge is 0.255 e. The van der Waals surface area contributed by atoms with Crippen LogP contribution in [0, 0.1) is 0 Å². The monoisotopic (exact) mass is 298 g/mol. The summed E-state index contributed by atoms with van der Waals surface area (Å²) in [6.45, 7) is 4.76. The molecule has 22 heavy (non-hydrogen) atoms. The molecule has 116 valence electrons. The molecule has 0 atom stereocenters. The van der Waals surface area contributed by atoms with E-state index in [2.05, 4.69) is 29.1 Å². The Kier molecular flexibility index (Phi) is 5.47. The Morgan fingerprint density at radius 3 is 2.64 bits per heavy atom. The lowest BCUT2D eigenvalue weighted by atomic mass is 10.2. The molecular weight excluding hydrogens is 276 g/mol. The van der Waals surface area contributed by atoms with Crippen LogP contribution in [0.25, 0.3) is 0 Å². The van der Waals surface area contributed by atoms with Gasteiger partial charge < -0.3 is 10.2 Å². The molecule has 0 bridgehead atoms. The molecule has 2 rings (SSSR count). The number of nitrogens with one attached hydrogen (secondary N) is 1. The van der Waals surface area contributed by atoms with Crippen LogP contribution in [0.5, 0.6) is 0 Å². The molecule has 1 amide bonds. The number of carbonyl (C=O) groups is 1. The molecule has 2 aromatic heterocycles. The molecule has 0 spiro atoms. The highest BCUT2D eigenvalue weighted by molar-refractivity contribution is 5.94. The number of aromatic nitrogens is 2. The van der Waals surface area contributed by atoms with Crippen LogP contribution in [0.1, 0.15) is 29.8 Å². The number of anilines is 1. The molecule has 5 heteroatoms. The lowest BCUT2D eigenvalue weighted by Crippen LogP contribution is -2.29. The number of amides is 1. The third-order valence-corrected chi connectivity index (χ3v) is 3.27. The minimum absolute atomic E-state index is 0.0195. The van der Waals surface area contributed by atoms with E-state index in [1.807, 2.05) is 25.2 Å². The maximum atomic E-state index is 12.4. The van der Waals surface area contributed by atoms with Gasteiger partial charge in [0, 0.05) is 44.4 Å². The summed E-state index contributed by atoms with van der Waals surface area (Å²) in [6.07, 6.45) is 7.68. The van der Waals surface area contributed by atoms with Crippen molar-refractivity contribution in [1.82, 2.24) is 14.9 Å². The van der Waals surface area contributed by atoms with Crippen LogP contribution < -0.4 is 5.32 Å². The predicted octanol–water partition coefficient (Wildman–Crippen LogP) is 2.61. The van der Waals surface area contributed by atoms with E-state index in [4.69, 9.17) is 0 Å². The molecule has 0 fully saturated rings. The van der Waals surface area contributed by atoms with Crippen molar-refractivity contribution < 1.29 is 4.79 Å². The van der Waals surface area contributed by atoms with Crippen LogP contribution >= 0.6 is 0 Å².